The predicted molar refractivity (Wildman–Crippen MR) is 207 cm³/mol. The maximum Gasteiger partial charge on any atom is 0.148 e. The van der Waals surface area contributed by atoms with Gasteiger partial charge in [0.2, 0.25) is 0 Å². The molecule has 0 radical (unpaired) electrons. The SMILES string of the molecule is COCOC(C)(C)C#CC(=C=C1C#CC#CC(=C=C(C#CC(C)(C)OCOC)C(C)(C)C)C(C)(C)CCC#CC#CCCC1(C)C)C(C)(C)C. The van der Waals surface area contributed by atoms with E-state index in [2.05, 4.69) is 152 Å². The third-order valence-electron chi connectivity index (χ3n) is 7.83. The summed E-state index contributed by atoms with van der Waals surface area (Å²) in [4.78, 5) is 0. The van der Waals surface area contributed by atoms with E-state index in [1.807, 2.05) is 27.7 Å². The Labute approximate surface area is 306 Å². The second-order valence-corrected chi connectivity index (χ2v) is 16.7. The minimum absolute atomic E-state index is 0.160. The van der Waals surface area contributed by atoms with Crippen LogP contribution in [0.2, 0.25) is 0 Å². The minimum atomic E-state index is -0.700. The molecule has 0 aliphatic heterocycles. The fraction of sp³-hybridized carbons (Fsp3) is 0.609. The number of rotatable bonds is 6. The topological polar surface area (TPSA) is 36.9 Å². The normalized spacial score (nSPS) is 15.9. The van der Waals surface area contributed by atoms with E-state index in [0.29, 0.717) is 12.8 Å². The van der Waals surface area contributed by atoms with E-state index in [0.717, 1.165) is 35.1 Å². The molecule has 0 aromatic carbocycles. The summed E-state index contributed by atoms with van der Waals surface area (Å²) in [5, 5.41) is 0. The fourth-order valence-electron chi connectivity index (χ4n) is 4.11. The third kappa shape index (κ3) is 16.8. The second kappa shape index (κ2) is 19.0. The quantitative estimate of drug-likeness (QED) is 0.160. The molecule has 1 rings (SSSR count). The molecule has 0 aromatic heterocycles. The predicted octanol–water partition coefficient (Wildman–Crippen LogP) is 9.43. The first kappa shape index (κ1) is 44.3. The average Bonchev–Trinajstić information content (AvgIpc) is 2.98. The molecule has 0 unspecified atom stereocenters. The van der Waals surface area contributed by atoms with E-state index < -0.39 is 11.2 Å². The van der Waals surface area contributed by atoms with Crippen LogP contribution in [0, 0.1) is 92.7 Å². The second-order valence-electron chi connectivity index (χ2n) is 16.7. The van der Waals surface area contributed by atoms with Crippen molar-refractivity contribution in [2.75, 3.05) is 27.8 Å². The molecule has 0 bridgehead atoms. The van der Waals surface area contributed by atoms with Crippen LogP contribution in [-0.4, -0.2) is 39.0 Å². The number of hydrogen-bond donors (Lipinski definition) is 0. The Kier molecular flexibility index (Phi) is 16.8. The van der Waals surface area contributed by atoms with Gasteiger partial charge in [-0.05, 0) is 76.1 Å². The van der Waals surface area contributed by atoms with E-state index in [1.165, 1.54) is 0 Å². The van der Waals surface area contributed by atoms with Crippen LogP contribution in [0.5, 0.6) is 0 Å². The summed E-state index contributed by atoms with van der Waals surface area (Å²) in [5.74, 6) is 39.0. The lowest BCUT2D eigenvalue weighted by molar-refractivity contribution is -0.0880. The first-order valence-corrected chi connectivity index (χ1v) is 17.3. The first-order chi connectivity index (χ1) is 23.0. The first-order valence-electron chi connectivity index (χ1n) is 17.3. The lowest BCUT2D eigenvalue weighted by Gasteiger charge is -2.24. The molecule has 0 spiro atoms. The zero-order chi connectivity index (χ0) is 38.3. The van der Waals surface area contributed by atoms with Crippen LogP contribution in [0.15, 0.2) is 33.8 Å². The highest BCUT2D eigenvalue weighted by molar-refractivity contribution is 5.48. The Morgan fingerprint density at radius 2 is 0.920 bits per heavy atom. The molecule has 268 valence electrons. The van der Waals surface area contributed by atoms with Crippen molar-refractivity contribution < 1.29 is 18.9 Å². The van der Waals surface area contributed by atoms with Crippen molar-refractivity contribution in [2.45, 2.75) is 134 Å². The van der Waals surface area contributed by atoms with Crippen molar-refractivity contribution in [1.82, 2.24) is 0 Å². The Morgan fingerprint density at radius 3 is 1.22 bits per heavy atom. The zero-order valence-electron chi connectivity index (χ0n) is 33.9. The van der Waals surface area contributed by atoms with Crippen LogP contribution >= 0.6 is 0 Å². The molecule has 0 fully saturated rings. The van der Waals surface area contributed by atoms with Crippen molar-refractivity contribution in [3.63, 3.8) is 0 Å². The average molecular weight is 677 g/mol. The number of hydrogen-bond acceptors (Lipinski definition) is 4. The molecule has 0 heterocycles. The molecule has 0 aromatic rings. The maximum absolute atomic E-state index is 5.78. The summed E-state index contributed by atoms with van der Waals surface area (Å²) in [6.45, 7) is 29.4. The van der Waals surface area contributed by atoms with Crippen LogP contribution in [0.25, 0.3) is 0 Å². The molecule has 1 aliphatic rings. The van der Waals surface area contributed by atoms with E-state index in [9.17, 15) is 0 Å². The smallest absolute Gasteiger partial charge is 0.148 e. The molecule has 0 saturated carbocycles. The highest BCUT2D eigenvalue weighted by Crippen LogP contribution is 2.34. The van der Waals surface area contributed by atoms with E-state index in [4.69, 9.17) is 18.9 Å². The molecule has 1 aliphatic carbocycles. The van der Waals surface area contributed by atoms with Gasteiger partial charge in [-0.25, -0.2) is 0 Å². The molecule has 0 amide bonds. The van der Waals surface area contributed by atoms with Crippen molar-refractivity contribution >= 4 is 0 Å². The molecule has 4 nitrogen and oxygen atoms in total. The minimum Gasteiger partial charge on any atom is -0.359 e. The Balaban J connectivity index is 4.23. The van der Waals surface area contributed by atoms with Gasteiger partial charge in [0.1, 0.15) is 24.8 Å². The van der Waals surface area contributed by atoms with Crippen LogP contribution in [0.1, 0.15) is 123 Å². The van der Waals surface area contributed by atoms with Gasteiger partial charge < -0.3 is 18.9 Å². The maximum atomic E-state index is 5.78. The van der Waals surface area contributed by atoms with Gasteiger partial charge >= 0.3 is 0 Å². The molecule has 50 heavy (non-hydrogen) atoms. The Hall–Kier alpha value is -3.76. The van der Waals surface area contributed by atoms with E-state index >= 15 is 0 Å². The summed E-state index contributed by atoms with van der Waals surface area (Å²) in [5.41, 5.74) is 7.90. The third-order valence-corrected chi connectivity index (χ3v) is 7.83. The number of ether oxygens (including phenoxy) is 4. The summed E-state index contributed by atoms with van der Waals surface area (Å²) in [6, 6.07) is 0. The van der Waals surface area contributed by atoms with Crippen molar-refractivity contribution in [2.24, 2.45) is 21.7 Å². The van der Waals surface area contributed by atoms with Crippen LogP contribution in [-0.2, 0) is 18.9 Å². The van der Waals surface area contributed by atoms with E-state index in [-0.39, 0.29) is 35.2 Å². The van der Waals surface area contributed by atoms with Gasteiger partial charge in [0.15, 0.2) is 0 Å². The van der Waals surface area contributed by atoms with Crippen LogP contribution < -0.4 is 0 Å². The van der Waals surface area contributed by atoms with Gasteiger partial charge in [0.25, 0.3) is 0 Å². The van der Waals surface area contributed by atoms with Crippen molar-refractivity contribution in [1.29, 1.82) is 0 Å². The molecule has 0 N–H and O–H groups in total. The van der Waals surface area contributed by atoms with Crippen LogP contribution in [0.4, 0.5) is 0 Å². The monoisotopic (exact) mass is 676 g/mol. The summed E-state index contributed by atoms with van der Waals surface area (Å²) >= 11 is 0. The highest BCUT2D eigenvalue weighted by Gasteiger charge is 2.26. The lowest BCUT2D eigenvalue weighted by atomic mass is 9.78. The molecular formula is C46H60O4. The Morgan fingerprint density at radius 1 is 0.580 bits per heavy atom. The fourth-order valence-corrected chi connectivity index (χ4v) is 4.11. The van der Waals surface area contributed by atoms with Crippen molar-refractivity contribution in [3.05, 3.63) is 33.8 Å². The standard InChI is InChI=1S/C46H60O4/c1-41(2,3)37(27-31-45(11,12)49-35-47-15)33-39-25-21-22-26-40(34-38(42(4,5)6)28-32-46(13,14)50-36-48-16)44(9,10)30-24-20-18-17-19-23-29-43(39,7)8/h23-24,29-30,35-36H2,1-16H3. The summed E-state index contributed by atoms with van der Waals surface area (Å²) < 4.78 is 21.8. The van der Waals surface area contributed by atoms with Gasteiger partial charge in [-0.1, -0.05) is 116 Å². The van der Waals surface area contributed by atoms with Gasteiger partial charge in [0, 0.05) is 48.7 Å². The van der Waals surface area contributed by atoms with Crippen LogP contribution in [0.3, 0.4) is 0 Å². The largest absolute Gasteiger partial charge is 0.359 e. The Bertz CT molecular complexity index is 1600. The van der Waals surface area contributed by atoms with Crippen molar-refractivity contribution in [3.8, 4) is 71.0 Å². The molecular weight excluding hydrogens is 617 g/mol. The van der Waals surface area contributed by atoms with Gasteiger partial charge in [-0.3, -0.25) is 0 Å². The molecule has 4 heteroatoms. The van der Waals surface area contributed by atoms with Gasteiger partial charge in [-0.2, -0.15) is 0 Å². The zero-order valence-corrected chi connectivity index (χ0v) is 33.9. The van der Waals surface area contributed by atoms with E-state index in [1.54, 1.807) is 14.2 Å². The molecule has 0 saturated heterocycles. The van der Waals surface area contributed by atoms with Gasteiger partial charge in [-0.15, -0.1) is 0 Å². The summed E-state index contributed by atoms with van der Waals surface area (Å²) in [6.07, 6.45) is 2.92. The molecule has 0 atom stereocenters. The number of allylic oxidation sites excluding steroid dienone is 2. The summed E-state index contributed by atoms with van der Waals surface area (Å²) in [7, 11) is 3.20. The highest BCUT2D eigenvalue weighted by atomic mass is 16.7. The number of methoxy groups -OCH3 is 2. The lowest BCUT2D eigenvalue weighted by Crippen LogP contribution is -2.23. The van der Waals surface area contributed by atoms with Gasteiger partial charge in [0.05, 0.1) is 22.3 Å².